The Morgan fingerprint density at radius 3 is 1.60 bits per heavy atom. The summed E-state index contributed by atoms with van der Waals surface area (Å²) in [5.41, 5.74) is 5.13. The van der Waals surface area contributed by atoms with Crippen LogP contribution in [0.4, 0.5) is 5.69 Å². The molecule has 0 fully saturated rings. The predicted molar refractivity (Wildman–Crippen MR) is 204 cm³/mol. The quantitative estimate of drug-likeness (QED) is 0.133. The molecule has 0 aliphatic carbocycles. The molecule has 0 aromatic heterocycles. The summed E-state index contributed by atoms with van der Waals surface area (Å²) in [5, 5.41) is 2.46. The van der Waals surface area contributed by atoms with Crippen LogP contribution < -0.4 is 20.2 Å². The predicted octanol–water partition coefficient (Wildman–Crippen LogP) is 9.23. The van der Waals surface area contributed by atoms with E-state index < -0.39 is 13.7 Å². The molecule has 48 heavy (non-hydrogen) atoms. The molecule has 1 aliphatic heterocycles. The molecule has 0 radical (unpaired) electrons. The van der Waals surface area contributed by atoms with Gasteiger partial charge in [-0.1, -0.05) is 130 Å². The van der Waals surface area contributed by atoms with Gasteiger partial charge in [-0.25, -0.2) is 0 Å². The average molecular weight is 655 g/mol. The SMILES string of the molecule is COc1ccc(N2C[C@H](C(C)(C)C)N=C2C(Cc2ccccc2)(Cc2ccccc2)OP(c2ccccc2C)c2ccccc2C)cc1. The molecule has 0 bridgehead atoms. The molecule has 4 nitrogen and oxygen atoms in total. The normalized spacial score (nSPS) is 15.1. The molecule has 5 heteroatoms. The molecule has 6 rings (SSSR count). The fourth-order valence-corrected chi connectivity index (χ4v) is 8.75. The van der Waals surface area contributed by atoms with Crippen molar-refractivity contribution in [3.8, 4) is 5.75 Å². The third-order valence-electron chi connectivity index (χ3n) is 9.28. The van der Waals surface area contributed by atoms with Crippen molar-refractivity contribution in [3.63, 3.8) is 0 Å². The van der Waals surface area contributed by atoms with Crippen LogP contribution in [0.3, 0.4) is 0 Å². The summed E-state index contributed by atoms with van der Waals surface area (Å²) in [4.78, 5) is 8.13. The Morgan fingerprint density at radius 2 is 1.15 bits per heavy atom. The first-order valence-corrected chi connectivity index (χ1v) is 18.1. The standard InChI is InChI=1S/C43H47N2O2P/c1-32-17-13-15-23-38(32)48(39-24-16-14-18-33(39)2)47-43(29-34-19-9-7-10-20-34,30-35-21-11-8-12-22-35)41-44-40(42(3,4)5)31-45(41)36-25-27-37(46-6)28-26-36/h7-28,40H,29-31H2,1-6H3/t40-/m1/s1. The second-order valence-corrected chi connectivity index (χ2v) is 15.7. The van der Waals surface area contributed by atoms with E-state index in [9.17, 15) is 0 Å². The third-order valence-corrected chi connectivity index (χ3v) is 11.7. The minimum Gasteiger partial charge on any atom is -0.497 e. The van der Waals surface area contributed by atoms with E-state index in [-0.39, 0.29) is 11.5 Å². The molecule has 246 valence electrons. The molecule has 1 aliphatic rings. The zero-order valence-electron chi connectivity index (χ0n) is 29.1. The Kier molecular flexibility index (Phi) is 10.2. The number of rotatable bonds is 11. The Balaban J connectivity index is 1.62. The molecular formula is C43H47N2O2P. The first kappa shape index (κ1) is 33.7. The van der Waals surface area contributed by atoms with Crippen molar-refractivity contribution in [1.82, 2.24) is 0 Å². The maximum atomic E-state index is 7.99. The molecule has 0 amide bonds. The van der Waals surface area contributed by atoms with Crippen LogP contribution in [-0.2, 0) is 17.4 Å². The highest BCUT2D eigenvalue weighted by atomic mass is 31.1. The topological polar surface area (TPSA) is 34.1 Å². The summed E-state index contributed by atoms with van der Waals surface area (Å²) in [7, 11) is 0.459. The molecule has 5 aromatic rings. The monoisotopic (exact) mass is 654 g/mol. The third kappa shape index (κ3) is 7.41. The summed E-state index contributed by atoms with van der Waals surface area (Å²) in [6.45, 7) is 12.1. The van der Waals surface area contributed by atoms with Crippen LogP contribution in [0.5, 0.6) is 5.75 Å². The van der Waals surface area contributed by atoms with Crippen molar-refractivity contribution < 1.29 is 9.26 Å². The smallest absolute Gasteiger partial charge is 0.138 e. The molecule has 0 saturated carbocycles. The molecule has 0 N–H and O–H groups in total. The van der Waals surface area contributed by atoms with Crippen LogP contribution in [0.2, 0.25) is 0 Å². The van der Waals surface area contributed by atoms with E-state index in [1.165, 1.54) is 32.9 Å². The van der Waals surface area contributed by atoms with Gasteiger partial charge < -0.3 is 14.2 Å². The van der Waals surface area contributed by atoms with E-state index in [0.717, 1.165) is 23.8 Å². The molecule has 0 spiro atoms. The highest BCUT2D eigenvalue weighted by Gasteiger charge is 2.48. The van der Waals surface area contributed by atoms with Crippen molar-refractivity contribution in [2.45, 2.75) is 59.1 Å². The number of methoxy groups -OCH3 is 1. The minimum atomic E-state index is -1.25. The number of aliphatic imine (C=N–C) groups is 1. The maximum Gasteiger partial charge on any atom is 0.138 e. The molecule has 0 unspecified atom stereocenters. The molecule has 1 atom stereocenters. The lowest BCUT2D eigenvalue weighted by Crippen LogP contribution is -2.52. The highest BCUT2D eigenvalue weighted by Crippen LogP contribution is 2.47. The maximum absolute atomic E-state index is 7.99. The molecule has 0 saturated heterocycles. The van der Waals surface area contributed by atoms with Gasteiger partial charge in [0.05, 0.1) is 21.3 Å². The van der Waals surface area contributed by atoms with Crippen molar-refractivity contribution in [3.05, 3.63) is 156 Å². The summed E-state index contributed by atoms with van der Waals surface area (Å²) >= 11 is 0. The van der Waals surface area contributed by atoms with E-state index in [0.29, 0.717) is 12.8 Å². The van der Waals surface area contributed by atoms with Crippen molar-refractivity contribution in [2.24, 2.45) is 10.4 Å². The van der Waals surface area contributed by atoms with Gasteiger partial charge in [-0.15, -0.1) is 0 Å². The Hall–Kier alpha value is -4.24. The fourth-order valence-electron chi connectivity index (χ4n) is 6.50. The van der Waals surface area contributed by atoms with E-state index in [2.05, 4.69) is 161 Å². The number of hydrogen-bond acceptors (Lipinski definition) is 4. The van der Waals surface area contributed by atoms with Gasteiger partial charge in [0.2, 0.25) is 0 Å². The minimum absolute atomic E-state index is 0.0471. The van der Waals surface area contributed by atoms with E-state index in [1.807, 2.05) is 12.1 Å². The zero-order chi connectivity index (χ0) is 33.7. The largest absolute Gasteiger partial charge is 0.497 e. The first-order valence-electron chi connectivity index (χ1n) is 16.9. The van der Waals surface area contributed by atoms with E-state index in [1.54, 1.807) is 7.11 Å². The lowest BCUT2D eigenvalue weighted by Gasteiger charge is -2.41. The number of hydrogen-bond donors (Lipinski definition) is 0. The van der Waals surface area contributed by atoms with Crippen LogP contribution in [-0.4, -0.2) is 31.1 Å². The zero-order valence-corrected chi connectivity index (χ0v) is 30.0. The average Bonchev–Trinajstić information content (AvgIpc) is 3.56. The van der Waals surface area contributed by atoms with E-state index >= 15 is 0 Å². The number of benzene rings is 5. The van der Waals surface area contributed by atoms with Gasteiger partial charge in [0, 0.05) is 35.7 Å². The Bertz CT molecular complexity index is 1740. The number of aryl methyl sites for hydroxylation is 2. The number of amidine groups is 1. The Labute approximate surface area is 288 Å². The lowest BCUT2D eigenvalue weighted by molar-refractivity contribution is 0.163. The second kappa shape index (κ2) is 14.5. The summed E-state index contributed by atoms with van der Waals surface area (Å²) in [5.74, 6) is 1.82. The van der Waals surface area contributed by atoms with Crippen LogP contribution >= 0.6 is 8.15 Å². The van der Waals surface area contributed by atoms with Crippen molar-refractivity contribution in [1.29, 1.82) is 0 Å². The molecule has 5 aromatic carbocycles. The summed E-state index contributed by atoms with van der Waals surface area (Å²) < 4.78 is 13.6. The number of anilines is 1. The van der Waals surface area contributed by atoms with Gasteiger partial charge in [-0.2, -0.15) is 0 Å². The Morgan fingerprint density at radius 1 is 0.667 bits per heavy atom. The first-order chi connectivity index (χ1) is 23.2. The summed E-state index contributed by atoms with van der Waals surface area (Å²) in [6, 6.07) is 47.5. The van der Waals surface area contributed by atoms with Gasteiger partial charge in [-0.05, 0) is 65.8 Å². The molecule has 1 heterocycles. The number of ether oxygens (including phenoxy) is 1. The van der Waals surface area contributed by atoms with Gasteiger partial charge in [0.25, 0.3) is 0 Å². The van der Waals surface area contributed by atoms with Gasteiger partial charge in [0.1, 0.15) is 17.2 Å². The highest BCUT2D eigenvalue weighted by molar-refractivity contribution is 7.68. The van der Waals surface area contributed by atoms with Crippen LogP contribution in [0.25, 0.3) is 0 Å². The van der Waals surface area contributed by atoms with Crippen molar-refractivity contribution >= 4 is 30.3 Å². The lowest BCUT2D eigenvalue weighted by atomic mass is 9.86. The van der Waals surface area contributed by atoms with Gasteiger partial charge in [0.15, 0.2) is 0 Å². The molecular weight excluding hydrogens is 607 g/mol. The fraction of sp³-hybridized carbons (Fsp3) is 0.279. The van der Waals surface area contributed by atoms with Crippen molar-refractivity contribution in [2.75, 3.05) is 18.6 Å². The van der Waals surface area contributed by atoms with Crippen LogP contribution in [0.1, 0.15) is 43.0 Å². The second-order valence-electron chi connectivity index (χ2n) is 13.9. The van der Waals surface area contributed by atoms with Gasteiger partial charge >= 0.3 is 0 Å². The van der Waals surface area contributed by atoms with Gasteiger partial charge in [-0.3, -0.25) is 4.99 Å². The van der Waals surface area contributed by atoms with E-state index in [4.69, 9.17) is 14.3 Å². The van der Waals surface area contributed by atoms with Crippen LogP contribution in [0, 0.1) is 19.3 Å². The van der Waals surface area contributed by atoms with Crippen LogP contribution in [0.15, 0.2) is 138 Å². The number of nitrogens with zero attached hydrogens (tertiary/aromatic N) is 2. The summed E-state index contributed by atoms with van der Waals surface area (Å²) in [6.07, 6.45) is 1.34.